The van der Waals surface area contributed by atoms with E-state index in [1.165, 1.54) is 55.5 Å². The van der Waals surface area contributed by atoms with Gasteiger partial charge in [-0.25, -0.2) is 0 Å². The third kappa shape index (κ3) is 5.80. The summed E-state index contributed by atoms with van der Waals surface area (Å²) in [6, 6.07) is 6.52. The maximum atomic E-state index is 4.21. The van der Waals surface area contributed by atoms with Gasteiger partial charge < -0.3 is 10.2 Å². The normalized spacial score (nSPS) is 12.9. The third-order valence-corrected chi connectivity index (χ3v) is 4.67. The van der Waals surface area contributed by atoms with Crippen LogP contribution < -0.4 is 10.2 Å². The van der Waals surface area contributed by atoms with Gasteiger partial charge in [-0.1, -0.05) is 58.4 Å². The van der Waals surface area contributed by atoms with Crippen molar-refractivity contribution in [2.24, 2.45) is 7.05 Å². The Bertz CT molecular complexity index is 627. The lowest BCUT2D eigenvalue weighted by molar-refractivity contribution is 0.624. The van der Waals surface area contributed by atoms with Gasteiger partial charge in [-0.05, 0) is 17.7 Å². The molecule has 4 nitrogen and oxygen atoms in total. The smallest absolute Gasteiger partial charge is 0.0600 e. The van der Waals surface area contributed by atoms with E-state index in [9.17, 15) is 0 Å². The molecule has 0 spiro atoms. The molecule has 4 heteroatoms. The minimum absolute atomic E-state index is 1.000. The van der Waals surface area contributed by atoms with Crippen molar-refractivity contribution in [3.8, 4) is 11.1 Å². The second-order valence-electron chi connectivity index (χ2n) is 6.90. The monoisotopic (exact) mass is 342 g/mol. The van der Waals surface area contributed by atoms with E-state index in [-0.39, 0.29) is 0 Å². The zero-order valence-electron chi connectivity index (χ0n) is 16.4. The quantitative estimate of drug-likeness (QED) is 0.722. The highest BCUT2D eigenvalue weighted by molar-refractivity contribution is 5.78. The summed E-state index contributed by atoms with van der Waals surface area (Å²) in [4.78, 5) is 2.28. The van der Waals surface area contributed by atoms with Crippen molar-refractivity contribution >= 4 is 11.4 Å². The minimum atomic E-state index is 1.000. The number of nitrogens with zero attached hydrogens (tertiary/aromatic N) is 3. The second-order valence-corrected chi connectivity index (χ2v) is 6.90. The molecule has 0 radical (unpaired) electrons. The van der Waals surface area contributed by atoms with Crippen molar-refractivity contribution < 1.29 is 0 Å². The van der Waals surface area contributed by atoms with Gasteiger partial charge in [-0.3, -0.25) is 4.68 Å². The van der Waals surface area contributed by atoms with Crippen LogP contribution in [0.5, 0.6) is 0 Å². The van der Waals surface area contributed by atoms with E-state index in [1.54, 1.807) is 0 Å². The number of benzene rings is 1. The fourth-order valence-electron chi connectivity index (χ4n) is 3.09. The Labute approximate surface area is 153 Å². The van der Waals surface area contributed by atoms with Gasteiger partial charge in [0.1, 0.15) is 0 Å². The van der Waals surface area contributed by atoms with Crippen LogP contribution in [0.15, 0.2) is 30.6 Å². The molecule has 0 saturated carbocycles. The number of unbranched alkanes of at least 4 members (excludes halogenated alkanes) is 5. The molecule has 3 rings (SSSR count). The molecule has 0 amide bonds. The molecule has 0 unspecified atom stereocenters. The van der Waals surface area contributed by atoms with E-state index < -0.39 is 0 Å². The average molecular weight is 343 g/mol. The fraction of sp³-hybridized carbons (Fsp3) is 0.571. The Hall–Kier alpha value is -1.97. The number of likely N-dealkylation sites (N-methyl/N-ethyl adjacent to an activating group) is 1. The lowest BCUT2D eigenvalue weighted by Gasteiger charge is -2.28. The van der Waals surface area contributed by atoms with Crippen LogP contribution in [0.4, 0.5) is 11.4 Å². The molecule has 25 heavy (non-hydrogen) atoms. The van der Waals surface area contributed by atoms with Gasteiger partial charge >= 0.3 is 0 Å². The molecule has 2 heterocycles. The van der Waals surface area contributed by atoms with Crippen molar-refractivity contribution in [1.29, 1.82) is 0 Å². The van der Waals surface area contributed by atoms with E-state index in [0.717, 1.165) is 18.7 Å². The van der Waals surface area contributed by atoms with Gasteiger partial charge in [0.2, 0.25) is 0 Å². The van der Waals surface area contributed by atoms with E-state index in [2.05, 4.69) is 54.4 Å². The van der Waals surface area contributed by atoms with Gasteiger partial charge in [0.05, 0.1) is 17.6 Å². The lowest BCUT2D eigenvalue weighted by atomic mass is 10.1. The number of aromatic nitrogens is 2. The molecule has 1 aromatic heterocycles. The molecule has 2 aromatic rings. The SMILES string of the molecule is CCCCCCCC.CN1CCNc2cc(-c3cnn(C)c3)ccc21. The first-order chi connectivity index (χ1) is 12.2. The molecular formula is C21H34N4. The van der Waals surface area contributed by atoms with Crippen LogP contribution >= 0.6 is 0 Å². The first-order valence-corrected chi connectivity index (χ1v) is 9.73. The van der Waals surface area contributed by atoms with Gasteiger partial charge in [-0.2, -0.15) is 5.10 Å². The summed E-state index contributed by atoms with van der Waals surface area (Å²) in [5, 5.41) is 7.65. The van der Waals surface area contributed by atoms with E-state index in [0.29, 0.717) is 0 Å². The second kappa shape index (κ2) is 10.1. The number of hydrogen-bond donors (Lipinski definition) is 1. The maximum absolute atomic E-state index is 4.21. The van der Waals surface area contributed by atoms with Crippen LogP contribution in [0.25, 0.3) is 11.1 Å². The Morgan fingerprint density at radius 2 is 1.72 bits per heavy atom. The highest BCUT2D eigenvalue weighted by Gasteiger charge is 2.13. The zero-order valence-corrected chi connectivity index (χ0v) is 16.4. The minimum Gasteiger partial charge on any atom is -0.382 e. The first-order valence-electron chi connectivity index (χ1n) is 9.73. The summed E-state index contributed by atoms with van der Waals surface area (Å²) in [6.45, 7) is 6.57. The first kappa shape index (κ1) is 19.4. The third-order valence-electron chi connectivity index (χ3n) is 4.67. The fourth-order valence-corrected chi connectivity index (χ4v) is 3.09. The van der Waals surface area contributed by atoms with Crippen LogP contribution in [0.2, 0.25) is 0 Å². The number of aryl methyl sites for hydroxylation is 1. The van der Waals surface area contributed by atoms with E-state index >= 15 is 0 Å². The topological polar surface area (TPSA) is 33.1 Å². The Morgan fingerprint density at radius 3 is 2.32 bits per heavy atom. The molecule has 0 fully saturated rings. The number of rotatable bonds is 6. The predicted molar refractivity (Wildman–Crippen MR) is 109 cm³/mol. The summed E-state index contributed by atoms with van der Waals surface area (Å²) in [5.74, 6) is 0. The molecule has 0 bridgehead atoms. The van der Waals surface area contributed by atoms with E-state index in [1.807, 2.05) is 24.1 Å². The van der Waals surface area contributed by atoms with Crippen LogP contribution in [-0.2, 0) is 7.05 Å². The van der Waals surface area contributed by atoms with Gasteiger partial charge in [-0.15, -0.1) is 0 Å². The average Bonchev–Trinajstić information content (AvgIpc) is 3.06. The highest BCUT2D eigenvalue weighted by Crippen LogP contribution is 2.32. The maximum Gasteiger partial charge on any atom is 0.0600 e. The molecule has 1 N–H and O–H groups in total. The standard InChI is InChI=1S/C13H16N4.C8H18/c1-16-6-5-14-12-7-10(3-4-13(12)16)11-8-15-17(2)9-11;1-3-5-7-8-6-4-2/h3-4,7-9,14H,5-6H2,1-2H3;3-8H2,1-2H3. The Morgan fingerprint density at radius 1 is 1.00 bits per heavy atom. The van der Waals surface area contributed by atoms with Gasteiger partial charge in [0.25, 0.3) is 0 Å². The summed E-state index contributed by atoms with van der Waals surface area (Å²) in [7, 11) is 4.07. The molecule has 0 saturated heterocycles. The molecule has 0 aliphatic carbocycles. The zero-order chi connectivity index (χ0) is 18.1. The molecule has 1 aliphatic heterocycles. The molecule has 1 aliphatic rings. The van der Waals surface area contributed by atoms with Crippen molar-refractivity contribution in [3.63, 3.8) is 0 Å². The van der Waals surface area contributed by atoms with Crippen LogP contribution in [0.3, 0.4) is 0 Å². The highest BCUT2D eigenvalue weighted by atomic mass is 15.2. The lowest BCUT2D eigenvalue weighted by Crippen LogP contribution is -2.30. The summed E-state index contributed by atoms with van der Waals surface area (Å²) < 4.78 is 1.83. The Balaban J connectivity index is 0.000000242. The summed E-state index contributed by atoms with van der Waals surface area (Å²) in [6.07, 6.45) is 12.4. The van der Waals surface area contributed by atoms with Crippen LogP contribution in [-0.4, -0.2) is 29.9 Å². The predicted octanol–water partition coefficient (Wildman–Crippen LogP) is 5.32. The number of fused-ring (bicyclic) bond motifs is 1. The van der Waals surface area contributed by atoms with Crippen molar-refractivity contribution in [1.82, 2.24) is 9.78 Å². The van der Waals surface area contributed by atoms with Crippen LogP contribution in [0.1, 0.15) is 52.4 Å². The van der Waals surface area contributed by atoms with Crippen molar-refractivity contribution in [3.05, 3.63) is 30.6 Å². The largest absolute Gasteiger partial charge is 0.382 e. The number of anilines is 2. The van der Waals surface area contributed by atoms with Crippen LogP contribution in [0, 0.1) is 0 Å². The molecule has 138 valence electrons. The number of nitrogens with one attached hydrogen (secondary N) is 1. The van der Waals surface area contributed by atoms with E-state index in [4.69, 9.17) is 0 Å². The van der Waals surface area contributed by atoms with Gasteiger partial charge in [0.15, 0.2) is 0 Å². The summed E-state index contributed by atoms with van der Waals surface area (Å²) in [5.41, 5.74) is 4.84. The van der Waals surface area contributed by atoms with Crippen molar-refractivity contribution in [2.75, 3.05) is 30.4 Å². The number of hydrogen-bond acceptors (Lipinski definition) is 3. The molecule has 1 aromatic carbocycles. The van der Waals surface area contributed by atoms with Crippen molar-refractivity contribution in [2.45, 2.75) is 52.4 Å². The van der Waals surface area contributed by atoms with Gasteiger partial charge in [0, 0.05) is 38.9 Å². The Kier molecular flexibility index (Phi) is 7.83. The molecular weight excluding hydrogens is 308 g/mol. The molecule has 0 atom stereocenters. The summed E-state index contributed by atoms with van der Waals surface area (Å²) >= 11 is 0.